The molecule has 2 amide bonds. The Morgan fingerprint density at radius 1 is 0.941 bits per heavy atom. The van der Waals surface area contributed by atoms with Gasteiger partial charge in [-0.1, -0.05) is 61.5 Å². The number of hydrogen-bond acceptors (Lipinski definition) is 4. The van der Waals surface area contributed by atoms with Gasteiger partial charge < -0.3 is 15.2 Å². The molecule has 0 saturated heterocycles. The Kier molecular flexibility index (Phi) is 6.92. The SMILES string of the molecule is CC[C@@H](CC(=O)O)NC(=O)c1cccc(NC(=O)OCC2c3ccccc3-c3ccccc32)c1. The molecule has 4 rings (SSSR count). The van der Waals surface area contributed by atoms with E-state index in [1.54, 1.807) is 18.2 Å². The van der Waals surface area contributed by atoms with Crippen molar-refractivity contribution in [3.8, 4) is 11.1 Å². The van der Waals surface area contributed by atoms with Gasteiger partial charge in [0, 0.05) is 23.2 Å². The lowest BCUT2D eigenvalue weighted by Crippen LogP contribution is -2.36. The fraction of sp³-hybridized carbons (Fsp3) is 0.222. The molecule has 0 heterocycles. The van der Waals surface area contributed by atoms with Crippen LogP contribution in [0, 0.1) is 0 Å². The molecule has 0 saturated carbocycles. The lowest BCUT2D eigenvalue weighted by molar-refractivity contribution is -0.137. The first kappa shape index (κ1) is 23.0. The molecule has 0 unspecified atom stereocenters. The van der Waals surface area contributed by atoms with Crippen LogP contribution in [0.1, 0.15) is 47.2 Å². The Hall–Kier alpha value is -4.13. The summed E-state index contributed by atoms with van der Waals surface area (Å²) >= 11 is 0. The van der Waals surface area contributed by atoms with E-state index in [2.05, 4.69) is 34.9 Å². The number of fused-ring (bicyclic) bond motifs is 3. The maximum atomic E-state index is 12.5. The van der Waals surface area contributed by atoms with Crippen molar-refractivity contribution >= 4 is 23.7 Å². The number of aliphatic carboxylic acids is 1. The molecule has 0 spiro atoms. The van der Waals surface area contributed by atoms with Crippen LogP contribution in [0.3, 0.4) is 0 Å². The molecule has 0 radical (unpaired) electrons. The Morgan fingerprint density at radius 3 is 2.21 bits per heavy atom. The summed E-state index contributed by atoms with van der Waals surface area (Å²) in [5.74, 6) is -1.42. The van der Waals surface area contributed by atoms with Crippen molar-refractivity contribution in [3.63, 3.8) is 0 Å². The average molecular weight is 459 g/mol. The molecule has 174 valence electrons. The number of benzene rings is 3. The maximum Gasteiger partial charge on any atom is 0.411 e. The summed E-state index contributed by atoms with van der Waals surface area (Å²) in [5.41, 5.74) is 5.29. The van der Waals surface area contributed by atoms with Gasteiger partial charge in [-0.3, -0.25) is 14.9 Å². The second-order valence-electron chi connectivity index (χ2n) is 8.21. The van der Waals surface area contributed by atoms with Crippen molar-refractivity contribution in [2.24, 2.45) is 0 Å². The van der Waals surface area contributed by atoms with Crippen LogP contribution < -0.4 is 10.6 Å². The normalized spacial score (nSPS) is 12.9. The molecule has 3 aromatic rings. The monoisotopic (exact) mass is 458 g/mol. The van der Waals surface area contributed by atoms with Gasteiger partial charge in [-0.2, -0.15) is 0 Å². The quantitative estimate of drug-likeness (QED) is 0.439. The van der Waals surface area contributed by atoms with Gasteiger partial charge in [-0.25, -0.2) is 4.79 Å². The summed E-state index contributed by atoms with van der Waals surface area (Å²) in [5, 5.41) is 14.4. The van der Waals surface area contributed by atoms with Gasteiger partial charge in [0.1, 0.15) is 6.61 Å². The number of rotatable bonds is 8. The topological polar surface area (TPSA) is 105 Å². The zero-order valence-corrected chi connectivity index (χ0v) is 18.8. The van der Waals surface area contributed by atoms with Gasteiger partial charge in [0.25, 0.3) is 5.91 Å². The molecule has 0 bridgehead atoms. The number of carbonyl (C=O) groups is 3. The molecular formula is C27H26N2O5. The van der Waals surface area contributed by atoms with Gasteiger partial charge in [-0.15, -0.1) is 0 Å². The van der Waals surface area contributed by atoms with E-state index in [1.165, 1.54) is 6.07 Å². The second-order valence-corrected chi connectivity index (χ2v) is 8.21. The number of nitrogens with one attached hydrogen (secondary N) is 2. The van der Waals surface area contributed by atoms with Crippen LogP contribution in [-0.4, -0.2) is 35.7 Å². The number of carboxylic acids is 1. The third-order valence-electron chi connectivity index (χ3n) is 5.96. The van der Waals surface area contributed by atoms with E-state index in [0.29, 0.717) is 17.7 Å². The Bertz CT molecular complexity index is 1180. The zero-order chi connectivity index (χ0) is 24.1. The van der Waals surface area contributed by atoms with Crippen LogP contribution in [0.5, 0.6) is 0 Å². The minimum Gasteiger partial charge on any atom is -0.481 e. The minimum atomic E-state index is -0.974. The lowest BCUT2D eigenvalue weighted by Gasteiger charge is -2.16. The van der Waals surface area contributed by atoms with Gasteiger partial charge in [0.2, 0.25) is 0 Å². The van der Waals surface area contributed by atoms with Gasteiger partial charge in [-0.05, 0) is 46.9 Å². The van der Waals surface area contributed by atoms with E-state index >= 15 is 0 Å². The third kappa shape index (κ3) is 5.09. The summed E-state index contributed by atoms with van der Waals surface area (Å²) in [6.45, 7) is 2.00. The molecule has 34 heavy (non-hydrogen) atoms. The van der Waals surface area contributed by atoms with E-state index in [9.17, 15) is 14.4 Å². The van der Waals surface area contributed by atoms with Crippen molar-refractivity contribution in [1.82, 2.24) is 5.32 Å². The van der Waals surface area contributed by atoms with Gasteiger partial charge >= 0.3 is 12.1 Å². The molecule has 0 aromatic heterocycles. The van der Waals surface area contributed by atoms with Crippen molar-refractivity contribution < 1.29 is 24.2 Å². The molecule has 3 aromatic carbocycles. The number of anilines is 1. The number of amides is 2. The van der Waals surface area contributed by atoms with Gasteiger partial charge in [0.05, 0.1) is 6.42 Å². The van der Waals surface area contributed by atoms with Crippen molar-refractivity contribution in [2.75, 3.05) is 11.9 Å². The fourth-order valence-electron chi connectivity index (χ4n) is 4.27. The zero-order valence-electron chi connectivity index (χ0n) is 18.8. The third-order valence-corrected chi connectivity index (χ3v) is 5.96. The van der Waals surface area contributed by atoms with Crippen molar-refractivity contribution in [2.45, 2.75) is 31.7 Å². The molecule has 7 heteroatoms. The number of carbonyl (C=O) groups excluding carboxylic acids is 2. The fourth-order valence-corrected chi connectivity index (χ4v) is 4.27. The van der Waals surface area contributed by atoms with E-state index in [4.69, 9.17) is 9.84 Å². The Balaban J connectivity index is 1.39. The molecule has 0 fully saturated rings. The van der Waals surface area contributed by atoms with Crippen molar-refractivity contribution in [1.29, 1.82) is 0 Å². The summed E-state index contributed by atoms with van der Waals surface area (Å²) in [4.78, 5) is 36.0. The highest BCUT2D eigenvalue weighted by Crippen LogP contribution is 2.44. The van der Waals surface area contributed by atoms with E-state index < -0.39 is 24.0 Å². The van der Waals surface area contributed by atoms with Gasteiger partial charge in [0.15, 0.2) is 0 Å². The highest BCUT2D eigenvalue weighted by atomic mass is 16.5. The predicted molar refractivity (Wildman–Crippen MR) is 129 cm³/mol. The molecule has 0 aliphatic heterocycles. The summed E-state index contributed by atoms with van der Waals surface area (Å²) in [6.07, 6.45) is -0.271. The molecule has 1 atom stereocenters. The number of carboxylic acid groups (broad SMARTS) is 1. The number of ether oxygens (including phenoxy) is 1. The standard InChI is InChI=1S/C27H26N2O5/c1-2-18(15-25(30)31)28-26(32)17-8-7-9-19(14-17)29-27(33)34-16-24-22-12-5-3-10-20(22)21-11-4-6-13-23(21)24/h3-14,18,24H,2,15-16H2,1H3,(H,28,32)(H,29,33)(H,30,31)/t18-/m0/s1. The predicted octanol–water partition coefficient (Wildman–Crippen LogP) is 5.03. The van der Waals surface area contributed by atoms with E-state index in [-0.39, 0.29) is 18.9 Å². The van der Waals surface area contributed by atoms with Crippen LogP contribution in [-0.2, 0) is 9.53 Å². The summed E-state index contributed by atoms with van der Waals surface area (Å²) < 4.78 is 5.55. The van der Waals surface area contributed by atoms with Crippen molar-refractivity contribution in [3.05, 3.63) is 89.5 Å². The summed E-state index contributed by atoms with van der Waals surface area (Å²) in [6, 6.07) is 22.2. The average Bonchev–Trinajstić information content (AvgIpc) is 3.16. The maximum absolute atomic E-state index is 12.5. The van der Waals surface area contributed by atoms with Crippen LogP contribution >= 0.6 is 0 Å². The van der Waals surface area contributed by atoms with Crippen LogP contribution in [0.25, 0.3) is 11.1 Å². The highest BCUT2D eigenvalue weighted by molar-refractivity contribution is 5.96. The van der Waals surface area contributed by atoms with Crippen LogP contribution in [0.2, 0.25) is 0 Å². The number of hydrogen-bond donors (Lipinski definition) is 3. The molecule has 1 aliphatic carbocycles. The molecular weight excluding hydrogens is 432 g/mol. The van der Waals surface area contributed by atoms with Crippen LogP contribution in [0.4, 0.5) is 10.5 Å². The molecule has 7 nitrogen and oxygen atoms in total. The minimum absolute atomic E-state index is 0.0459. The lowest BCUT2D eigenvalue weighted by atomic mass is 9.98. The Labute approximate surface area is 197 Å². The first-order chi connectivity index (χ1) is 16.5. The molecule has 3 N–H and O–H groups in total. The summed E-state index contributed by atoms with van der Waals surface area (Å²) in [7, 11) is 0. The first-order valence-electron chi connectivity index (χ1n) is 11.2. The Morgan fingerprint density at radius 2 is 1.59 bits per heavy atom. The van der Waals surface area contributed by atoms with E-state index in [1.807, 2.05) is 31.2 Å². The smallest absolute Gasteiger partial charge is 0.411 e. The second kappa shape index (κ2) is 10.2. The van der Waals surface area contributed by atoms with E-state index in [0.717, 1.165) is 22.3 Å². The molecule has 1 aliphatic rings. The largest absolute Gasteiger partial charge is 0.481 e. The first-order valence-corrected chi connectivity index (χ1v) is 11.2. The highest BCUT2D eigenvalue weighted by Gasteiger charge is 2.29. The van der Waals surface area contributed by atoms with Crippen LogP contribution in [0.15, 0.2) is 72.8 Å².